The summed E-state index contributed by atoms with van der Waals surface area (Å²) in [6.45, 7) is 1.93. The van der Waals surface area contributed by atoms with Gasteiger partial charge in [0.1, 0.15) is 5.75 Å². The first-order valence-corrected chi connectivity index (χ1v) is 8.43. The molecule has 0 atom stereocenters. The number of amides is 1. The van der Waals surface area contributed by atoms with Crippen molar-refractivity contribution in [1.82, 2.24) is 10.2 Å². The first-order chi connectivity index (χ1) is 11.2. The fourth-order valence-corrected chi connectivity index (χ4v) is 2.89. The Labute approximate surface area is 139 Å². The number of benzene rings is 1. The Hall–Kier alpha value is -1.81. The van der Waals surface area contributed by atoms with Crippen LogP contribution in [0.25, 0.3) is 0 Å². The van der Waals surface area contributed by atoms with Crippen LogP contribution in [0.5, 0.6) is 5.75 Å². The van der Waals surface area contributed by atoms with Crippen molar-refractivity contribution in [2.75, 3.05) is 27.2 Å². The zero-order chi connectivity index (χ0) is 16.5. The largest absolute Gasteiger partial charge is 0.497 e. The van der Waals surface area contributed by atoms with E-state index in [2.05, 4.69) is 11.4 Å². The van der Waals surface area contributed by atoms with Crippen molar-refractivity contribution in [1.29, 1.82) is 0 Å². The molecule has 2 rings (SSSR count). The molecule has 0 fully saturated rings. The molecule has 1 aromatic rings. The van der Waals surface area contributed by atoms with Crippen LogP contribution in [-0.4, -0.2) is 38.1 Å². The van der Waals surface area contributed by atoms with Crippen LogP contribution in [-0.2, 0) is 11.3 Å². The third-order valence-corrected chi connectivity index (χ3v) is 4.18. The van der Waals surface area contributed by atoms with Gasteiger partial charge in [0.05, 0.1) is 13.7 Å². The predicted octanol–water partition coefficient (Wildman–Crippen LogP) is 3.13. The number of ether oxygens (including phenoxy) is 1. The van der Waals surface area contributed by atoms with Crippen molar-refractivity contribution in [2.24, 2.45) is 0 Å². The van der Waals surface area contributed by atoms with Crippen molar-refractivity contribution in [2.45, 2.75) is 38.6 Å². The molecule has 126 valence electrons. The van der Waals surface area contributed by atoms with Gasteiger partial charge in [-0.2, -0.15) is 0 Å². The molecule has 0 saturated heterocycles. The van der Waals surface area contributed by atoms with E-state index in [0.717, 1.165) is 25.3 Å². The highest BCUT2D eigenvalue weighted by Gasteiger charge is 2.08. The van der Waals surface area contributed by atoms with Crippen LogP contribution in [0.15, 0.2) is 35.9 Å². The maximum absolute atomic E-state index is 12.0. The van der Waals surface area contributed by atoms with Gasteiger partial charge in [-0.1, -0.05) is 23.8 Å². The molecule has 4 heteroatoms. The molecule has 1 aliphatic carbocycles. The van der Waals surface area contributed by atoms with Crippen molar-refractivity contribution in [3.8, 4) is 5.75 Å². The van der Waals surface area contributed by atoms with E-state index in [9.17, 15) is 4.79 Å². The van der Waals surface area contributed by atoms with Gasteiger partial charge in [-0.25, -0.2) is 0 Å². The topological polar surface area (TPSA) is 41.6 Å². The monoisotopic (exact) mass is 316 g/mol. The first kappa shape index (κ1) is 17.5. The Balaban J connectivity index is 1.66. The minimum Gasteiger partial charge on any atom is -0.497 e. The second-order valence-corrected chi connectivity index (χ2v) is 6.23. The summed E-state index contributed by atoms with van der Waals surface area (Å²) in [6.07, 6.45) is 8.34. The maximum Gasteiger partial charge on any atom is 0.234 e. The third kappa shape index (κ3) is 6.45. The van der Waals surface area contributed by atoms with Crippen LogP contribution >= 0.6 is 0 Å². The molecule has 23 heavy (non-hydrogen) atoms. The van der Waals surface area contributed by atoms with Gasteiger partial charge in [0.2, 0.25) is 5.91 Å². The Morgan fingerprint density at radius 1 is 1.26 bits per heavy atom. The highest BCUT2D eigenvalue weighted by molar-refractivity contribution is 5.77. The number of allylic oxidation sites excluding steroid dienone is 1. The molecule has 0 spiro atoms. The Morgan fingerprint density at radius 2 is 2.04 bits per heavy atom. The number of carbonyl (C=O) groups excluding carboxylic acids is 1. The van der Waals surface area contributed by atoms with Crippen LogP contribution in [0.3, 0.4) is 0 Å². The lowest BCUT2D eigenvalue weighted by Crippen LogP contribution is -2.35. The van der Waals surface area contributed by atoms with E-state index in [1.807, 2.05) is 36.2 Å². The van der Waals surface area contributed by atoms with Crippen molar-refractivity contribution >= 4 is 5.91 Å². The molecular formula is C19H28N2O2. The summed E-state index contributed by atoms with van der Waals surface area (Å²) in [7, 11) is 3.63. The predicted molar refractivity (Wildman–Crippen MR) is 93.5 cm³/mol. The second-order valence-electron chi connectivity index (χ2n) is 6.23. The molecule has 0 bridgehead atoms. The van der Waals surface area contributed by atoms with Gasteiger partial charge in [0.25, 0.3) is 0 Å². The molecule has 1 N–H and O–H groups in total. The van der Waals surface area contributed by atoms with Gasteiger partial charge >= 0.3 is 0 Å². The van der Waals surface area contributed by atoms with E-state index in [1.165, 1.54) is 36.8 Å². The smallest absolute Gasteiger partial charge is 0.234 e. The first-order valence-electron chi connectivity index (χ1n) is 8.43. The molecule has 1 aliphatic rings. The molecular weight excluding hydrogens is 288 g/mol. The normalized spacial score (nSPS) is 14.5. The lowest BCUT2D eigenvalue weighted by atomic mass is 9.97. The minimum absolute atomic E-state index is 0.0948. The number of hydrogen-bond acceptors (Lipinski definition) is 3. The van der Waals surface area contributed by atoms with Crippen molar-refractivity contribution in [3.63, 3.8) is 0 Å². The van der Waals surface area contributed by atoms with E-state index < -0.39 is 0 Å². The Morgan fingerprint density at radius 3 is 2.70 bits per heavy atom. The van der Waals surface area contributed by atoms with Crippen LogP contribution in [0.4, 0.5) is 0 Å². The van der Waals surface area contributed by atoms with Crippen molar-refractivity contribution in [3.05, 3.63) is 41.5 Å². The Bertz CT molecular complexity index is 523. The van der Waals surface area contributed by atoms with Crippen molar-refractivity contribution < 1.29 is 9.53 Å². The summed E-state index contributed by atoms with van der Waals surface area (Å²) in [5.41, 5.74) is 2.68. The minimum atomic E-state index is 0.0948. The molecule has 0 unspecified atom stereocenters. The lowest BCUT2D eigenvalue weighted by Gasteiger charge is -2.17. The lowest BCUT2D eigenvalue weighted by molar-refractivity contribution is -0.122. The number of carbonyl (C=O) groups is 1. The van der Waals surface area contributed by atoms with E-state index in [-0.39, 0.29) is 5.91 Å². The standard InChI is InChI=1S/C19H28N2O2/c1-21(14-17-8-10-18(23-2)11-9-17)15-19(22)20-13-12-16-6-4-3-5-7-16/h6,8-11H,3-5,7,12-15H2,1-2H3,(H,20,22). The summed E-state index contributed by atoms with van der Waals surface area (Å²) in [6, 6.07) is 7.95. The summed E-state index contributed by atoms with van der Waals surface area (Å²) < 4.78 is 5.15. The quantitative estimate of drug-likeness (QED) is 0.749. The van der Waals surface area contributed by atoms with Gasteiger partial charge in [0, 0.05) is 13.1 Å². The van der Waals surface area contributed by atoms with E-state index in [1.54, 1.807) is 7.11 Å². The summed E-state index contributed by atoms with van der Waals surface area (Å²) in [5.74, 6) is 0.948. The van der Waals surface area contributed by atoms with E-state index in [4.69, 9.17) is 4.74 Å². The van der Waals surface area contributed by atoms with Gasteiger partial charge in [-0.15, -0.1) is 0 Å². The molecule has 0 radical (unpaired) electrons. The van der Waals surface area contributed by atoms with Gasteiger partial charge < -0.3 is 10.1 Å². The molecule has 1 aromatic carbocycles. The molecule has 4 nitrogen and oxygen atoms in total. The number of hydrogen-bond donors (Lipinski definition) is 1. The zero-order valence-corrected chi connectivity index (χ0v) is 14.3. The third-order valence-electron chi connectivity index (χ3n) is 4.18. The molecule has 0 saturated carbocycles. The summed E-state index contributed by atoms with van der Waals surface area (Å²) in [4.78, 5) is 14.0. The van der Waals surface area contributed by atoms with Gasteiger partial charge in [-0.3, -0.25) is 9.69 Å². The average molecular weight is 316 g/mol. The second kappa shape index (κ2) is 9.36. The van der Waals surface area contributed by atoms with Crippen LogP contribution in [0.2, 0.25) is 0 Å². The van der Waals surface area contributed by atoms with E-state index >= 15 is 0 Å². The fraction of sp³-hybridized carbons (Fsp3) is 0.526. The molecule has 0 aromatic heterocycles. The van der Waals surface area contributed by atoms with Gasteiger partial charge in [0.15, 0.2) is 0 Å². The highest BCUT2D eigenvalue weighted by atomic mass is 16.5. The van der Waals surface area contributed by atoms with Crippen LogP contribution < -0.4 is 10.1 Å². The summed E-state index contributed by atoms with van der Waals surface area (Å²) >= 11 is 0. The molecule has 1 amide bonds. The highest BCUT2D eigenvalue weighted by Crippen LogP contribution is 2.19. The fourth-order valence-electron chi connectivity index (χ4n) is 2.89. The Kier molecular flexibility index (Phi) is 7.14. The van der Waals surface area contributed by atoms with Crippen LogP contribution in [0, 0.1) is 0 Å². The molecule has 0 heterocycles. The summed E-state index contributed by atoms with van der Waals surface area (Å²) in [5, 5.41) is 3.02. The van der Waals surface area contributed by atoms with E-state index in [0.29, 0.717) is 6.54 Å². The number of methoxy groups -OCH3 is 1. The zero-order valence-electron chi connectivity index (χ0n) is 14.3. The number of nitrogens with one attached hydrogen (secondary N) is 1. The maximum atomic E-state index is 12.0. The number of likely N-dealkylation sites (N-methyl/N-ethyl adjacent to an activating group) is 1. The van der Waals surface area contributed by atoms with Crippen LogP contribution in [0.1, 0.15) is 37.7 Å². The number of rotatable bonds is 8. The molecule has 0 aliphatic heterocycles. The number of nitrogens with zero attached hydrogens (tertiary/aromatic N) is 1. The average Bonchev–Trinajstić information content (AvgIpc) is 2.56. The SMILES string of the molecule is COc1ccc(CN(C)CC(=O)NCCC2=CCCCC2)cc1. The van der Waals surface area contributed by atoms with Gasteiger partial charge in [-0.05, 0) is 56.8 Å².